The first-order chi connectivity index (χ1) is 12.9. The summed E-state index contributed by atoms with van der Waals surface area (Å²) >= 11 is 1.64. The number of rotatable bonds is 3. The van der Waals surface area contributed by atoms with Crippen molar-refractivity contribution in [3.8, 4) is 11.5 Å². The number of fused-ring (bicyclic) bond motifs is 3. The van der Waals surface area contributed by atoms with Gasteiger partial charge in [0, 0.05) is 36.1 Å². The van der Waals surface area contributed by atoms with Gasteiger partial charge in [-0.15, -0.1) is 0 Å². The molecular formula is C21H15N3OS. The third-order valence-electron chi connectivity index (χ3n) is 4.33. The smallest absolute Gasteiger partial charge is 0.160 e. The van der Waals surface area contributed by atoms with Crippen molar-refractivity contribution in [2.45, 2.75) is 16.5 Å². The molecule has 126 valence electrons. The van der Waals surface area contributed by atoms with Crippen LogP contribution >= 0.6 is 11.8 Å². The largest absolute Gasteiger partial charge is 0.453 e. The molecule has 0 bridgehead atoms. The lowest BCUT2D eigenvalue weighted by molar-refractivity contribution is 0.449. The van der Waals surface area contributed by atoms with Crippen LogP contribution in [0.4, 0.5) is 5.69 Å². The maximum Gasteiger partial charge on any atom is 0.160 e. The lowest BCUT2D eigenvalue weighted by Crippen LogP contribution is -2.02. The van der Waals surface area contributed by atoms with Crippen LogP contribution < -0.4 is 10.1 Å². The first kappa shape index (κ1) is 15.2. The number of ether oxygens (including phenoxy) is 1. The quantitative estimate of drug-likeness (QED) is 0.462. The van der Waals surface area contributed by atoms with Crippen LogP contribution in [0.1, 0.15) is 5.56 Å². The molecule has 1 N–H and O–H groups in total. The lowest BCUT2D eigenvalue weighted by Gasteiger charge is -2.19. The minimum atomic E-state index is 0.729. The van der Waals surface area contributed by atoms with Gasteiger partial charge in [0.05, 0.1) is 10.4 Å². The van der Waals surface area contributed by atoms with Crippen LogP contribution in [0.3, 0.4) is 0 Å². The molecule has 3 heterocycles. The van der Waals surface area contributed by atoms with Gasteiger partial charge in [-0.1, -0.05) is 30.0 Å². The molecule has 0 amide bonds. The minimum absolute atomic E-state index is 0.729. The Kier molecular flexibility index (Phi) is 3.72. The van der Waals surface area contributed by atoms with Crippen molar-refractivity contribution in [3.63, 3.8) is 0 Å². The highest BCUT2D eigenvalue weighted by molar-refractivity contribution is 7.99. The average Bonchev–Trinajstić information content (AvgIpc) is 2.70. The number of aromatic nitrogens is 2. The van der Waals surface area contributed by atoms with E-state index in [4.69, 9.17) is 4.74 Å². The molecule has 5 rings (SSSR count). The molecule has 0 spiro atoms. The molecular weight excluding hydrogens is 342 g/mol. The minimum Gasteiger partial charge on any atom is -0.453 e. The van der Waals surface area contributed by atoms with Gasteiger partial charge in [-0.2, -0.15) is 0 Å². The second kappa shape index (κ2) is 6.35. The van der Waals surface area contributed by atoms with E-state index < -0.39 is 0 Å². The molecule has 2 aromatic carbocycles. The van der Waals surface area contributed by atoms with Crippen molar-refractivity contribution in [2.24, 2.45) is 0 Å². The van der Waals surface area contributed by atoms with Crippen molar-refractivity contribution in [3.05, 3.63) is 78.6 Å². The van der Waals surface area contributed by atoms with Gasteiger partial charge in [0.2, 0.25) is 0 Å². The molecule has 1 aliphatic heterocycles. The number of hydrogen-bond acceptors (Lipinski definition) is 5. The van der Waals surface area contributed by atoms with Crippen LogP contribution in [0.5, 0.6) is 11.5 Å². The van der Waals surface area contributed by atoms with Gasteiger partial charge in [0.25, 0.3) is 0 Å². The summed E-state index contributed by atoms with van der Waals surface area (Å²) in [7, 11) is 0. The molecule has 5 heteroatoms. The van der Waals surface area contributed by atoms with Crippen molar-refractivity contribution in [1.82, 2.24) is 9.97 Å². The van der Waals surface area contributed by atoms with E-state index in [1.165, 1.54) is 10.9 Å². The number of nitrogens with one attached hydrogen (secondary N) is 1. The lowest BCUT2D eigenvalue weighted by atomic mass is 10.1. The Morgan fingerprint density at radius 1 is 0.885 bits per heavy atom. The predicted molar refractivity (Wildman–Crippen MR) is 104 cm³/mol. The van der Waals surface area contributed by atoms with Crippen molar-refractivity contribution in [2.75, 3.05) is 5.32 Å². The number of anilines is 1. The Balaban J connectivity index is 1.39. The Bertz CT molecular complexity index is 1110. The molecule has 26 heavy (non-hydrogen) atoms. The molecule has 0 aliphatic carbocycles. The van der Waals surface area contributed by atoms with Crippen LogP contribution in [-0.4, -0.2) is 9.97 Å². The fourth-order valence-electron chi connectivity index (χ4n) is 3.04. The van der Waals surface area contributed by atoms with E-state index >= 15 is 0 Å². The normalized spacial score (nSPS) is 12.2. The fraction of sp³-hybridized carbons (Fsp3) is 0.0476. The third-order valence-corrected chi connectivity index (χ3v) is 5.39. The zero-order chi connectivity index (χ0) is 17.3. The summed E-state index contributed by atoms with van der Waals surface area (Å²) in [4.78, 5) is 9.86. The molecule has 2 aromatic heterocycles. The SMILES string of the molecule is c1cnc2c(c1)Oc1cc(NCc3ccnc4ccccc34)ccc1S2. The van der Waals surface area contributed by atoms with Gasteiger partial charge >= 0.3 is 0 Å². The van der Waals surface area contributed by atoms with Gasteiger partial charge in [0.15, 0.2) is 5.75 Å². The van der Waals surface area contributed by atoms with Crippen molar-refractivity contribution < 1.29 is 4.74 Å². The molecule has 4 aromatic rings. The molecule has 0 unspecified atom stereocenters. The van der Waals surface area contributed by atoms with E-state index in [-0.39, 0.29) is 0 Å². The number of pyridine rings is 2. The predicted octanol–water partition coefficient (Wildman–Crippen LogP) is 5.50. The van der Waals surface area contributed by atoms with Crippen LogP contribution in [0.15, 0.2) is 83.0 Å². The zero-order valence-corrected chi connectivity index (χ0v) is 14.7. The van der Waals surface area contributed by atoms with Gasteiger partial charge in [-0.3, -0.25) is 4.98 Å². The van der Waals surface area contributed by atoms with Gasteiger partial charge in [-0.25, -0.2) is 4.98 Å². The maximum atomic E-state index is 6.01. The summed E-state index contributed by atoms with van der Waals surface area (Å²) in [6.07, 6.45) is 3.64. The van der Waals surface area contributed by atoms with Crippen LogP contribution in [-0.2, 0) is 6.54 Å². The zero-order valence-electron chi connectivity index (χ0n) is 13.8. The van der Waals surface area contributed by atoms with Gasteiger partial charge in [0.1, 0.15) is 10.8 Å². The molecule has 0 atom stereocenters. The highest BCUT2D eigenvalue weighted by Crippen LogP contribution is 2.46. The van der Waals surface area contributed by atoms with E-state index in [1.807, 2.05) is 42.6 Å². The number of benzene rings is 2. The van der Waals surface area contributed by atoms with E-state index in [1.54, 1.807) is 18.0 Å². The van der Waals surface area contributed by atoms with E-state index in [9.17, 15) is 0 Å². The number of hydrogen-bond donors (Lipinski definition) is 1. The third kappa shape index (κ3) is 2.76. The Morgan fingerprint density at radius 2 is 1.85 bits per heavy atom. The average molecular weight is 357 g/mol. The molecule has 4 nitrogen and oxygen atoms in total. The molecule has 0 fully saturated rings. The summed E-state index contributed by atoms with van der Waals surface area (Å²) in [5, 5.41) is 5.57. The fourth-order valence-corrected chi connectivity index (χ4v) is 3.91. The maximum absolute atomic E-state index is 6.01. The number of para-hydroxylation sites is 1. The second-order valence-corrected chi connectivity index (χ2v) is 7.04. The van der Waals surface area contributed by atoms with Crippen LogP contribution in [0, 0.1) is 0 Å². The number of nitrogens with zero attached hydrogens (tertiary/aromatic N) is 2. The van der Waals surface area contributed by atoms with Gasteiger partial charge < -0.3 is 10.1 Å². The van der Waals surface area contributed by atoms with Crippen molar-refractivity contribution >= 4 is 28.4 Å². The molecule has 0 radical (unpaired) electrons. The summed E-state index contributed by atoms with van der Waals surface area (Å²) in [6, 6.07) is 20.3. The van der Waals surface area contributed by atoms with Crippen LogP contribution in [0.2, 0.25) is 0 Å². The van der Waals surface area contributed by atoms with Crippen molar-refractivity contribution in [1.29, 1.82) is 0 Å². The molecule has 1 aliphatic rings. The summed E-state index contributed by atoms with van der Waals surface area (Å²) in [6.45, 7) is 0.729. The van der Waals surface area contributed by atoms with E-state index in [2.05, 4.69) is 39.6 Å². The first-order valence-corrected chi connectivity index (χ1v) is 9.20. The van der Waals surface area contributed by atoms with E-state index in [0.717, 1.165) is 39.2 Å². The molecule has 0 saturated carbocycles. The summed E-state index contributed by atoms with van der Waals surface area (Å²) < 4.78 is 6.01. The summed E-state index contributed by atoms with van der Waals surface area (Å²) in [5.74, 6) is 1.67. The topological polar surface area (TPSA) is 47.0 Å². The Morgan fingerprint density at radius 3 is 2.85 bits per heavy atom. The highest BCUT2D eigenvalue weighted by Gasteiger charge is 2.18. The molecule has 0 saturated heterocycles. The first-order valence-electron chi connectivity index (χ1n) is 8.38. The standard InChI is InChI=1S/C21H15N3OS/c1-2-5-17-16(4-1)14(9-11-22-17)13-24-15-7-8-20-19(12-15)25-18-6-3-10-23-21(18)26-20/h1-12,24H,13H2. The summed E-state index contributed by atoms with van der Waals surface area (Å²) in [5.41, 5.74) is 3.26. The van der Waals surface area contributed by atoms with Crippen LogP contribution in [0.25, 0.3) is 10.9 Å². The highest BCUT2D eigenvalue weighted by atomic mass is 32.2. The Labute approximate surface area is 155 Å². The monoisotopic (exact) mass is 357 g/mol. The second-order valence-electron chi connectivity index (χ2n) is 6.01. The Hall–Kier alpha value is -3.05. The van der Waals surface area contributed by atoms with Gasteiger partial charge in [-0.05, 0) is 42.0 Å². The van der Waals surface area contributed by atoms with E-state index in [0.29, 0.717) is 0 Å².